The summed E-state index contributed by atoms with van der Waals surface area (Å²) in [5.74, 6) is 0. The summed E-state index contributed by atoms with van der Waals surface area (Å²) in [4.78, 5) is 2.27. The summed E-state index contributed by atoms with van der Waals surface area (Å²) in [5.41, 5.74) is 2.71. The van der Waals surface area contributed by atoms with Gasteiger partial charge in [0.25, 0.3) is 0 Å². The molecule has 0 amide bonds. The van der Waals surface area contributed by atoms with E-state index in [0.717, 1.165) is 6.54 Å². The molecule has 0 bridgehead atoms. The molecule has 0 aliphatic rings. The van der Waals surface area contributed by atoms with Crippen molar-refractivity contribution in [2.75, 3.05) is 25.5 Å². The summed E-state index contributed by atoms with van der Waals surface area (Å²) in [6.45, 7) is 7.52. The predicted molar refractivity (Wildman–Crippen MR) is 67.6 cm³/mol. The Morgan fingerprint density at radius 2 is 1.73 bits per heavy atom. The van der Waals surface area contributed by atoms with Crippen LogP contribution in [0.3, 0.4) is 0 Å². The molecule has 0 saturated carbocycles. The Labute approximate surface area is 93.3 Å². The van der Waals surface area contributed by atoms with E-state index in [9.17, 15) is 0 Å². The molecule has 0 spiro atoms. The number of aryl methyl sites for hydroxylation is 1. The van der Waals surface area contributed by atoms with Crippen molar-refractivity contribution in [2.45, 2.75) is 26.3 Å². The molecule has 0 fully saturated rings. The largest absolute Gasteiger partial charge is 0.373 e. The molecule has 1 rings (SSSR count). The maximum atomic E-state index is 3.31. The maximum Gasteiger partial charge on any atom is 0.0364 e. The fourth-order valence-electron chi connectivity index (χ4n) is 1.56. The van der Waals surface area contributed by atoms with Gasteiger partial charge in [-0.15, -0.1) is 0 Å². The number of benzene rings is 1. The first-order valence-corrected chi connectivity index (χ1v) is 5.41. The van der Waals surface area contributed by atoms with E-state index in [2.05, 4.69) is 62.3 Å². The van der Waals surface area contributed by atoms with Gasteiger partial charge in [0, 0.05) is 24.8 Å². The lowest BCUT2D eigenvalue weighted by Gasteiger charge is -2.31. The molecule has 0 heterocycles. The number of likely N-dealkylation sites (N-methyl/N-ethyl adjacent to an activating group) is 2. The van der Waals surface area contributed by atoms with Gasteiger partial charge in [-0.05, 0) is 40.0 Å². The predicted octanol–water partition coefficient (Wildman–Crippen LogP) is 2.43. The molecule has 0 aliphatic carbocycles. The molecule has 0 atom stereocenters. The normalized spacial score (nSPS) is 11.5. The Morgan fingerprint density at radius 1 is 1.20 bits per heavy atom. The first-order valence-electron chi connectivity index (χ1n) is 5.41. The topological polar surface area (TPSA) is 15.3 Å². The number of nitrogens with zero attached hydrogens (tertiary/aromatic N) is 1. The van der Waals surface area contributed by atoms with E-state index in [1.54, 1.807) is 0 Å². The zero-order valence-electron chi connectivity index (χ0n) is 10.5. The second-order valence-corrected chi connectivity index (χ2v) is 4.83. The Hall–Kier alpha value is -1.02. The average molecular weight is 206 g/mol. The van der Waals surface area contributed by atoms with Gasteiger partial charge in [-0.25, -0.2) is 0 Å². The van der Waals surface area contributed by atoms with Gasteiger partial charge >= 0.3 is 0 Å². The molecule has 2 nitrogen and oxygen atoms in total. The van der Waals surface area contributed by atoms with Crippen molar-refractivity contribution in [2.24, 2.45) is 0 Å². The highest BCUT2D eigenvalue weighted by Crippen LogP contribution is 2.15. The summed E-state index contributed by atoms with van der Waals surface area (Å²) in [6, 6.07) is 8.64. The van der Waals surface area contributed by atoms with Gasteiger partial charge < -0.3 is 10.2 Å². The fourth-order valence-corrected chi connectivity index (χ4v) is 1.56. The lowest BCUT2D eigenvalue weighted by atomic mass is 10.1. The van der Waals surface area contributed by atoms with Crippen LogP contribution in [0, 0.1) is 6.92 Å². The highest BCUT2D eigenvalue weighted by Gasteiger charge is 2.17. The lowest BCUT2D eigenvalue weighted by Crippen LogP contribution is -2.46. The minimum atomic E-state index is 0.139. The van der Waals surface area contributed by atoms with Crippen molar-refractivity contribution in [3.63, 3.8) is 0 Å². The number of hydrogen-bond acceptors (Lipinski definition) is 2. The van der Waals surface area contributed by atoms with Gasteiger partial charge in [0.1, 0.15) is 0 Å². The van der Waals surface area contributed by atoms with E-state index < -0.39 is 0 Å². The fraction of sp³-hybridized carbons (Fsp3) is 0.538. The molecule has 15 heavy (non-hydrogen) atoms. The number of nitrogens with one attached hydrogen (secondary N) is 1. The van der Waals surface area contributed by atoms with E-state index in [1.165, 1.54) is 11.3 Å². The molecule has 0 aromatic heterocycles. The van der Waals surface area contributed by atoms with Gasteiger partial charge in [0.15, 0.2) is 0 Å². The molecule has 1 aromatic rings. The van der Waals surface area contributed by atoms with Crippen LogP contribution in [0.5, 0.6) is 0 Å². The Kier molecular flexibility index (Phi) is 3.75. The third-order valence-electron chi connectivity index (χ3n) is 2.78. The molecule has 0 radical (unpaired) electrons. The third kappa shape index (κ3) is 3.56. The van der Waals surface area contributed by atoms with Crippen LogP contribution in [-0.2, 0) is 0 Å². The maximum absolute atomic E-state index is 3.31. The zero-order valence-corrected chi connectivity index (χ0v) is 10.5. The molecule has 1 aromatic carbocycles. The summed E-state index contributed by atoms with van der Waals surface area (Å²) < 4.78 is 0. The smallest absolute Gasteiger partial charge is 0.0364 e. The highest BCUT2D eigenvalue weighted by atomic mass is 15.1. The average Bonchev–Trinajstić information content (AvgIpc) is 2.18. The highest BCUT2D eigenvalue weighted by molar-refractivity contribution is 5.47. The van der Waals surface area contributed by atoms with Gasteiger partial charge in [-0.3, -0.25) is 0 Å². The van der Waals surface area contributed by atoms with Crippen molar-refractivity contribution in [1.29, 1.82) is 0 Å². The van der Waals surface area contributed by atoms with Crippen LogP contribution in [0.1, 0.15) is 19.4 Å². The van der Waals surface area contributed by atoms with E-state index in [4.69, 9.17) is 0 Å². The van der Waals surface area contributed by atoms with Gasteiger partial charge in [0.05, 0.1) is 0 Å². The summed E-state index contributed by atoms with van der Waals surface area (Å²) in [5, 5.41) is 3.31. The molecular formula is C13H22N2. The standard InChI is InChI=1S/C13H22N2/c1-11-6-8-12(9-7-11)15(5)10-13(2,3)14-4/h6-9,14H,10H2,1-5H3. The Morgan fingerprint density at radius 3 is 2.20 bits per heavy atom. The van der Waals surface area contributed by atoms with Gasteiger partial charge in [-0.1, -0.05) is 17.7 Å². The van der Waals surface area contributed by atoms with Crippen LogP contribution in [0.2, 0.25) is 0 Å². The van der Waals surface area contributed by atoms with Gasteiger partial charge in [-0.2, -0.15) is 0 Å². The summed E-state index contributed by atoms with van der Waals surface area (Å²) in [6.07, 6.45) is 0. The van der Waals surface area contributed by atoms with Crippen LogP contribution in [0.15, 0.2) is 24.3 Å². The molecule has 1 N–H and O–H groups in total. The first-order chi connectivity index (χ1) is 6.94. The van der Waals surface area contributed by atoms with E-state index in [0.29, 0.717) is 0 Å². The second kappa shape index (κ2) is 4.67. The SMILES string of the molecule is CNC(C)(C)CN(C)c1ccc(C)cc1. The van der Waals surface area contributed by atoms with Crippen molar-refractivity contribution < 1.29 is 0 Å². The van der Waals surface area contributed by atoms with Crippen LogP contribution in [0.4, 0.5) is 5.69 Å². The minimum absolute atomic E-state index is 0.139. The molecule has 0 saturated heterocycles. The summed E-state index contributed by atoms with van der Waals surface area (Å²) in [7, 11) is 4.13. The monoisotopic (exact) mass is 206 g/mol. The van der Waals surface area contributed by atoms with E-state index >= 15 is 0 Å². The molecular weight excluding hydrogens is 184 g/mol. The number of anilines is 1. The van der Waals surface area contributed by atoms with Crippen molar-refractivity contribution in [3.8, 4) is 0 Å². The van der Waals surface area contributed by atoms with Crippen LogP contribution >= 0.6 is 0 Å². The van der Waals surface area contributed by atoms with Crippen molar-refractivity contribution in [3.05, 3.63) is 29.8 Å². The first kappa shape index (κ1) is 12.1. The van der Waals surface area contributed by atoms with Crippen LogP contribution < -0.4 is 10.2 Å². The molecule has 2 heteroatoms. The molecule has 84 valence electrons. The molecule has 0 aliphatic heterocycles. The van der Waals surface area contributed by atoms with E-state index in [1.807, 2.05) is 7.05 Å². The second-order valence-electron chi connectivity index (χ2n) is 4.83. The van der Waals surface area contributed by atoms with Gasteiger partial charge in [0.2, 0.25) is 0 Å². The number of hydrogen-bond donors (Lipinski definition) is 1. The Balaban J connectivity index is 2.69. The quantitative estimate of drug-likeness (QED) is 0.814. The van der Waals surface area contributed by atoms with Crippen LogP contribution in [-0.4, -0.2) is 26.2 Å². The van der Waals surface area contributed by atoms with Crippen molar-refractivity contribution in [1.82, 2.24) is 5.32 Å². The minimum Gasteiger partial charge on any atom is -0.373 e. The number of rotatable bonds is 4. The molecule has 0 unspecified atom stereocenters. The third-order valence-corrected chi connectivity index (χ3v) is 2.78. The summed E-state index contributed by atoms with van der Waals surface area (Å²) >= 11 is 0. The van der Waals surface area contributed by atoms with Crippen molar-refractivity contribution >= 4 is 5.69 Å². The Bertz CT molecular complexity index is 301. The zero-order chi connectivity index (χ0) is 11.5. The van der Waals surface area contributed by atoms with E-state index in [-0.39, 0.29) is 5.54 Å². The van der Waals surface area contributed by atoms with Crippen LogP contribution in [0.25, 0.3) is 0 Å². The lowest BCUT2D eigenvalue weighted by molar-refractivity contribution is 0.428.